The minimum absolute atomic E-state index is 0.562. The number of rotatable bonds is 14. The molecular weight excluding hydrogens is 338 g/mol. The second kappa shape index (κ2) is 13.0. The van der Waals surface area contributed by atoms with Crippen LogP contribution in [-0.2, 0) is 11.3 Å². The van der Waals surface area contributed by atoms with Crippen molar-refractivity contribution in [3.63, 3.8) is 0 Å². The second-order valence-electron chi connectivity index (χ2n) is 6.44. The minimum atomic E-state index is 0.562. The molecule has 0 heterocycles. The summed E-state index contributed by atoms with van der Waals surface area (Å²) in [5.74, 6) is 1.81. The molecule has 0 aliphatic carbocycles. The lowest BCUT2D eigenvalue weighted by Crippen LogP contribution is -2.07. The fraction of sp³-hybridized carbons (Fsp3) is 0.478. The minimum Gasteiger partial charge on any atom is -0.493 e. The van der Waals surface area contributed by atoms with Crippen molar-refractivity contribution in [2.75, 3.05) is 31.7 Å². The molecule has 0 aromatic heterocycles. The van der Waals surface area contributed by atoms with Crippen LogP contribution in [0.3, 0.4) is 0 Å². The smallest absolute Gasteiger partial charge is 0.124 e. The van der Waals surface area contributed by atoms with Crippen molar-refractivity contribution in [3.8, 4) is 11.5 Å². The van der Waals surface area contributed by atoms with E-state index in [1.807, 2.05) is 49.4 Å². The first-order valence-corrected chi connectivity index (χ1v) is 10.1. The number of para-hydroxylation sites is 1. The standard InChI is InChI=1S/C23H33NO3/c1-3-5-6-9-15-27-23-14-8-7-11-20(23)19-24-21-12-10-13-22(18-21)26-17-16-25-4-2/h7-8,10-14,18,24H,3-6,9,15-17,19H2,1-2H3. The Morgan fingerprint density at radius 3 is 2.56 bits per heavy atom. The van der Waals surface area contributed by atoms with E-state index in [1.165, 1.54) is 19.3 Å². The summed E-state index contributed by atoms with van der Waals surface area (Å²) in [5, 5.41) is 3.46. The molecule has 0 aliphatic heterocycles. The molecular formula is C23H33NO3. The molecule has 0 amide bonds. The Morgan fingerprint density at radius 1 is 0.815 bits per heavy atom. The van der Waals surface area contributed by atoms with Crippen LogP contribution in [0, 0.1) is 0 Å². The average Bonchev–Trinajstić information content (AvgIpc) is 2.71. The summed E-state index contributed by atoms with van der Waals surface area (Å²) in [4.78, 5) is 0. The third kappa shape index (κ3) is 8.35. The molecule has 2 aromatic carbocycles. The van der Waals surface area contributed by atoms with Crippen molar-refractivity contribution < 1.29 is 14.2 Å². The van der Waals surface area contributed by atoms with Crippen LogP contribution < -0.4 is 14.8 Å². The Kier molecular flexibility index (Phi) is 10.2. The molecule has 0 spiro atoms. The fourth-order valence-corrected chi connectivity index (χ4v) is 2.76. The van der Waals surface area contributed by atoms with Crippen LogP contribution in [0.25, 0.3) is 0 Å². The van der Waals surface area contributed by atoms with Gasteiger partial charge in [0.05, 0.1) is 13.2 Å². The molecule has 4 nitrogen and oxygen atoms in total. The Bertz CT molecular complexity index is 645. The van der Waals surface area contributed by atoms with Gasteiger partial charge in [-0.05, 0) is 31.5 Å². The Balaban J connectivity index is 1.83. The number of anilines is 1. The summed E-state index contributed by atoms with van der Waals surface area (Å²) in [6.45, 7) is 7.58. The summed E-state index contributed by atoms with van der Waals surface area (Å²) in [6.07, 6.45) is 4.86. The number of hydrogen-bond donors (Lipinski definition) is 1. The zero-order chi connectivity index (χ0) is 19.2. The summed E-state index contributed by atoms with van der Waals surface area (Å²) in [7, 11) is 0. The normalized spacial score (nSPS) is 10.6. The highest BCUT2D eigenvalue weighted by Crippen LogP contribution is 2.22. The van der Waals surface area contributed by atoms with Crippen LogP contribution in [0.2, 0.25) is 0 Å². The third-order valence-electron chi connectivity index (χ3n) is 4.25. The predicted molar refractivity (Wildman–Crippen MR) is 112 cm³/mol. The maximum Gasteiger partial charge on any atom is 0.124 e. The van der Waals surface area contributed by atoms with Gasteiger partial charge in [0, 0.05) is 30.5 Å². The molecule has 0 saturated heterocycles. The van der Waals surface area contributed by atoms with Crippen LogP contribution in [0.15, 0.2) is 48.5 Å². The second-order valence-corrected chi connectivity index (χ2v) is 6.44. The number of hydrogen-bond acceptors (Lipinski definition) is 4. The Labute approximate surface area is 163 Å². The van der Waals surface area contributed by atoms with Crippen molar-refractivity contribution in [3.05, 3.63) is 54.1 Å². The monoisotopic (exact) mass is 371 g/mol. The van der Waals surface area contributed by atoms with Gasteiger partial charge in [0.2, 0.25) is 0 Å². The summed E-state index contributed by atoms with van der Waals surface area (Å²) < 4.78 is 17.0. The molecule has 1 N–H and O–H groups in total. The van der Waals surface area contributed by atoms with Gasteiger partial charge >= 0.3 is 0 Å². The van der Waals surface area contributed by atoms with E-state index in [0.717, 1.165) is 35.8 Å². The molecule has 0 unspecified atom stereocenters. The van der Waals surface area contributed by atoms with Gasteiger partial charge in [0.1, 0.15) is 18.1 Å². The van der Waals surface area contributed by atoms with Gasteiger partial charge in [-0.15, -0.1) is 0 Å². The zero-order valence-electron chi connectivity index (χ0n) is 16.7. The molecule has 0 fully saturated rings. The number of ether oxygens (including phenoxy) is 3. The molecule has 0 radical (unpaired) electrons. The van der Waals surface area contributed by atoms with Crippen molar-refractivity contribution in [1.82, 2.24) is 0 Å². The topological polar surface area (TPSA) is 39.7 Å². The van der Waals surface area contributed by atoms with Crippen LogP contribution in [0.1, 0.15) is 45.1 Å². The average molecular weight is 372 g/mol. The molecule has 0 saturated carbocycles. The lowest BCUT2D eigenvalue weighted by Gasteiger charge is -2.13. The quantitative estimate of drug-likeness (QED) is 0.434. The van der Waals surface area contributed by atoms with Crippen LogP contribution >= 0.6 is 0 Å². The third-order valence-corrected chi connectivity index (χ3v) is 4.25. The Hall–Kier alpha value is -2.20. The van der Waals surface area contributed by atoms with Crippen LogP contribution in [0.4, 0.5) is 5.69 Å². The summed E-state index contributed by atoms with van der Waals surface area (Å²) >= 11 is 0. The van der Waals surface area contributed by atoms with E-state index in [4.69, 9.17) is 14.2 Å². The lowest BCUT2D eigenvalue weighted by atomic mass is 10.2. The Morgan fingerprint density at radius 2 is 1.70 bits per heavy atom. The first-order valence-electron chi connectivity index (χ1n) is 10.1. The summed E-state index contributed by atoms with van der Waals surface area (Å²) in [5.41, 5.74) is 2.19. The van der Waals surface area contributed by atoms with Gasteiger partial charge in [-0.2, -0.15) is 0 Å². The van der Waals surface area contributed by atoms with Gasteiger partial charge in [-0.3, -0.25) is 0 Å². The summed E-state index contributed by atoms with van der Waals surface area (Å²) in [6, 6.07) is 16.2. The maximum absolute atomic E-state index is 5.99. The van der Waals surface area contributed by atoms with Gasteiger partial charge in [0.15, 0.2) is 0 Å². The highest BCUT2D eigenvalue weighted by Gasteiger charge is 2.04. The van der Waals surface area contributed by atoms with E-state index in [-0.39, 0.29) is 0 Å². The number of nitrogens with one attached hydrogen (secondary N) is 1. The predicted octanol–water partition coefficient (Wildman–Crippen LogP) is 5.67. The highest BCUT2D eigenvalue weighted by atomic mass is 16.5. The first-order chi connectivity index (χ1) is 13.3. The van der Waals surface area contributed by atoms with Gasteiger partial charge in [-0.25, -0.2) is 0 Å². The molecule has 27 heavy (non-hydrogen) atoms. The van der Waals surface area contributed by atoms with E-state index in [2.05, 4.69) is 18.3 Å². The lowest BCUT2D eigenvalue weighted by molar-refractivity contribution is 0.110. The molecule has 4 heteroatoms. The molecule has 2 rings (SSSR count). The van der Waals surface area contributed by atoms with Crippen molar-refractivity contribution in [2.45, 2.75) is 46.1 Å². The largest absolute Gasteiger partial charge is 0.493 e. The number of benzene rings is 2. The molecule has 2 aromatic rings. The first kappa shape index (κ1) is 21.1. The van der Waals surface area contributed by atoms with E-state index >= 15 is 0 Å². The van der Waals surface area contributed by atoms with Gasteiger partial charge in [-0.1, -0.05) is 50.5 Å². The number of unbranched alkanes of at least 4 members (excludes halogenated alkanes) is 3. The van der Waals surface area contributed by atoms with Crippen LogP contribution in [0.5, 0.6) is 11.5 Å². The van der Waals surface area contributed by atoms with Gasteiger partial charge in [0.25, 0.3) is 0 Å². The molecule has 148 valence electrons. The zero-order valence-corrected chi connectivity index (χ0v) is 16.7. The van der Waals surface area contributed by atoms with Crippen LogP contribution in [-0.4, -0.2) is 26.4 Å². The SMILES string of the molecule is CCCCCCOc1ccccc1CNc1cccc(OCCOCC)c1. The van der Waals surface area contributed by atoms with Crippen molar-refractivity contribution in [1.29, 1.82) is 0 Å². The molecule has 0 atom stereocenters. The van der Waals surface area contributed by atoms with Crippen molar-refractivity contribution >= 4 is 5.69 Å². The molecule has 0 bridgehead atoms. The van der Waals surface area contributed by atoms with E-state index in [9.17, 15) is 0 Å². The fourth-order valence-electron chi connectivity index (χ4n) is 2.76. The maximum atomic E-state index is 5.99. The van der Waals surface area contributed by atoms with Gasteiger partial charge < -0.3 is 19.5 Å². The van der Waals surface area contributed by atoms with E-state index in [0.29, 0.717) is 26.4 Å². The van der Waals surface area contributed by atoms with E-state index < -0.39 is 0 Å². The van der Waals surface area contributed by atoms with E-state index in [1.54, 1.807) is 0 Å². The van der Waals surface area contributed by atoms with Crippen molar-refractivity contribution in [2.24, 2.45) is 0 Å². The molecule has 0 aliphatic rings. The highest BCUT2D eigenvalue weighted by molar-refractivity contribution is 5.49.